The Balaban J connectivity index is 1.67. The van der Waals surface area contributed by atoms with Gasteiger partial charge >= 0.3 is 0 Å². The fourth-order valence-corrected chi connectivity index (χ4v) is 3.11. The minimum Gasteiger partial charge on any atom is -0.454 e. The van der Waals surface area contributed by atoms with Gasteiger partial charge in [-0.25, -0.2) is 4.98 Å². The lowest BCUT2D eigenvalue weighted by Crippen LogP contribution is -2.25. The molecule has 0 unspecified atom stereocenters. The topological polar surface area (TPSA) is 81.9 Å². The van der Waals surface area contributed by atoms with E-state index in [0.29, 0.717) is 22.1 Å². The molecule has 23 heavy (non-hydrogen) atoms. The maximum absolute atomic E-state index is 12.4. The minimum absolute atomic E-state index is 0.0158. The van der Waals surface area contributed by atoms with Gasteiger partial charge in [0, 0.05) is 29.0 Å². The van der Waals surface area contributed by atoms with Gasteiger partial charge in [0.05, 0.1) is 0 Å². The van der Waals surface area contributed by atoms with E-state index < -0.39 is 11.5 Å². The Labute approximate surface area is 134 Å². The van der Waals surface area contributed by atoms with Crippen molar-refractivity contribution < 1.29 is 14.3 Å². The molecule has 1 aliphatic rings. The highest BCUT2D eigenvalue weighted by atomic mass is 32.1. The number of amides is 1. The van der Waals surface area contributed by atoms with Gasteiger partial charge in [-0.1, -0.05) is 0 Å². The molecule has 7 nitrogen and oxygen atoms in total. The highest BCUT2D eigenvalue weighted by molar-refractivity contribution is 7.16. The summed E-state index contributed by atoms with van der Waals surface area (Å²) in [6.07, 6.45) is 2.97. The quantitative estimate of drug-likeness (QED) is 0.778. The van der Waals surface area contributed by atoms with Gasteiger partial charge in [0.15, 0.2) is 16.5 Å². The number of nitrogens with zero attached hydrogens (tertiary/aromatic N) is 2. The predicted molar refractivity (Wildman–Crippen MR) is 84.6 cm³/mol. The van der Waals surface area contributed by atoms with Crippen LogP contribution in [0.1, 0.15) is 15.2 Å². The van der Waals surface area contributed by atoms with Gasteiger partial charge in [-0.2, -0.15) is 0 Å². The number of benzene rings is 1. The van der Waals surface area contributed by atoms with E-state index in [9.17, 15) is 9.59 Å². The molecular formula is C15H11N3O4S. The zero-order valence-corrected chi connectivity index (χ0v) is 12.8. The first-order valence-electron chi connectivity index (χ1n) is 6.80. The summed E-state index contributed by atoms with van der Waals surface area (Å²) < 4.78 is 11.9. The molecule has 8 heteroatoms. The van der Waals surface area contributed by atoms with Crippen LogP contribution in [0.25, 0.3) is 4.96 Å². The zero-order valence-electron chi connectivity index (χ0n) is 12.0. The highest BCUT2D eigenvalue weighted by Crippen LogP contribution is 2.34. The number of nitrogens with one attached hydrogen (secondary N) is 1. The van der Waals surface area contributed by atoms with Crippen LogP contribution in [-0.2, 0) is 0 Å². The summed E-state index contributed by atoms with van der Waals surface area (Å²) >= 11 is 1.39. The second-order valence-electron chi connectivity index (χ2n) is 4.99. The van der Waals surface area contributed by atoms with Crippen LogP contribution >= 0.6 is 11.3 Å². The SMILES string of the molecule is Cc1cn2c(=O)c(C(=O)Nc3ccc4c(c3)OCO4)cnc2s1. The Bertz CT molecular complexity index is 992. The molecule has 0 radical (unpaired) electrons. The molecule has 3 heterocycles. The number of carbonyl (C=O) groups is 1. The largest absolute Gasteiger partial charge is 0.454 e. The van der Waals surface area contributed by atoms with Crippen LogP contribution in [0.3, 0.4) is 0 Å². The number of anilines is 1. The summed E-state index contributed by atoms with van der Waals surface area (Å²) in [6, 6.07) is 5.04. The van der Waals surface area contributed by atoms with E-state index in [0.717, 1.165) is 4.88 Å². The minimum atomic E-state index is -0.514. The third-order valence-corrected chi connectivity index (χ3v) is 4.31. The molecule has 0 spiro atoms. The smallest absolute Gasteiger partial charge is 0.271 e. The molecule has 1 amide bonds. The Morgan fingerprint density at radius 1 is 1.35 bits per heavy atom. The Kier molecular flexibility index (Phi) is 3.05. The lowest BCUT2D eigenvalue weighted by Gasteiger charge is -2.05. The standard InChI is InChI=1S/C15H11N3O4S/c1-8-6-18-14(20)10(5-16-15(18)23-8)13(19)17-9-2-3-11-12(4-9)22-7-21-11/h2-6H,7H2,1H3,(H,17,19). The van der Waals surface area contributed by atoms with Gasteiger partial charge in [-0.15, -0.1) is 11.3 Å². The fourth-order valence-electron chi connectivity index (χ4n) is 2.32. The molecule has 116 valence electrons. The van der Waals surface area contributed by atoms with E-state index in [4.69, 9.17) is 9.47 Å². The first-order valence-corrected chi connectivity index (χ1v) is 7.62. The lowest BCUT2D eigenvalue weighted by atomic mass is 10.2. The summed E-state index contributed by atoms with van der Waals surface area (Å²) in [5.41, 5.74) is 0.112. The zero-order chi connectivity index (χ0) is 16.0. The Morgan fingerprint density at radius 3 is 3.04 bits per heavy atom. The Morgan fingerprint density at radius 2 is 2.17 bits per heavy atom. The molecule has 1 N–H and O–H groups in total. The van der Waals surface area contributed by atoms with E-state index in [2.05, 4.69) is 10.3 Å². The molecular weight excluding hydrogens is 318 g/mol. The molecule has 4 rings (SSSR count). The average molecular weight is 329 g/mol. The van der Waals surface area contributed by atoms with E-state index in [1.165, 1.54) is 21.9 Å². The summed E-state index contributed by atoms with van der Waals surface area (Å²) in [4.78, 5) is 30.4. The average Bonchev–Trinajstić information content (AvgIpc) is 3.13. The van der Waals surface area contributed by atoms with Crippen LogP contribution in [0.4, 0.5) is 5.69 Å². The van der Waals surface area contributed by atoms with Crippen molar-refractivity contribution in [1.82, 2.24) is 9.38 Å². The number of fused-ring (bicyclic) bond motifs is 2. The Hall–Kier alpha value is -2.87. The third-order valence-electron chi connectivity index (χ3n) is 3.40. The van der Waals surface area contributed by atoms with Crippen molar-refractivity contribution in [2.75, 3.05) is 12.1 Å². The van der Waals surface area contributed by atoms with Crippen LogP contribution < -0.4 is 20.3 Å². The number of hydrogen-bond donors (Lipinski definition) is 1. The molecule has 0 atom stereocenters. The molecule has 1 aromatic carbocycles. The van der Waals surface area contributed by atoms with Crippen LogP contribution in [0.15, 0.2) is 35.4 Å². The number of aromatic nitrogens is 2. The number of rotatable bonds is 2. The van der Waals surface area contributed by atoms with Crippen LogP contribution in [0.2, 0.25) is 0 Å². The molecule has 0 saturated carbocycles. The maximum Gasteiger partial charge on any atom is 0.271 e. The van der Waals surface area contributed by atoms with Crippen LogP contribution in [-0.4, -0.2) is 22.1 Å². The molecule has 0 saturated heterocycles. The van der Waals surface area contributed by atoms with Crippen molar-refractivity contribution in [1.29, 1.82) is 0 Å². The second-order valence-corrected chi connectivity index (χ2v) is 6.21. The predicted octanol–water partition coefficient (Wildman–Crippen LogP) is 2.05. The van der Waals surface area contributed by atoms with E-state index >= 15 is 0 Å². The van der Waals surface area contributed by atoms with Crippen LogP contribution in [0, 0.1) is 6.92 Å². The van der Waals surface area contributed by atoms with Gasteiger partial charge < -0.3 is 14.8 Å². The monoisotopic (exact) mass is 329 g/mol. The molecule has 0 aliphatic carbocycles. The van der Waals surface area contributed by atoms with Gasteiger partial charge in [-0.3, -0.25) is 14.0 Å². The van der Waals surface area contributed by atoms with Crippen molar-refractivity contribution in [3.8, 4) is 11.5 Å². The van der Waals surface area contributed by atoms with Crippen molar-refractivity contribution in [3.63, 3.8) is 0 Å². The highest BCUT2D eigenvalue weighted by Gasteiger charge is 2.17. The fraction of sp³-hybridized carbons (Fsp3) is 0.133. The second kappa shape index (κ2) is 5.10. The van der Waals surface area contributed by atoms with Gasteiger partial charge in [0.1, 0.15) is 5.56 Å². The summed E-state index contributed by atoms with van der Waals surface area (Å²) in [5.74, 6) is 0.668. The van der Waals surface area contributed by atoms with Gasteiger partial charge in [-0.05, 0) is 19.1 Å². The van der Waals surface area contributed by atoms with E-state index in [1.54, 1.807) is 24.4 Å². The number of thiazole rings is 1. The number of aryl methyl sites for hydroxylation is 1. The molecule has 1 aliphatic heterocycles. The first-order chi connectivity index (χ1) is 11.1. The van der Waals surface area contributed by atoms with Crippen LogP contribution in [0.5, 0.6) is 11.5 Å². The summed E-state index contributed by atoms with van der Waals surface area (Å²) in [5, 5.41) is 2.68. The summed E-state index contributed by atoms with van der Waals surface area (Å²) in [6.45, 7) is 2.04. The van der Waals surface area contributed by atoms with Crippen molar-refractivity contribution >= 4 is 27.9 Å². The van der Waals surface area contributed by atoms with E-state index in [1.807, 2.05) is 6.92 Å². The summed E-state index contributed by atoms with van der Waals surface area (Å²) in [7, 11) is 0. The maximum atomic E-state index is 12.4. The number of hydrogen-bond acceptors (Lipinski definition) is 6. The number of carbonyl (C=O) groups excluding carboxylic acids is 1. The van der Waals surface area contributed by atoms with Crippen molar-refractivity contribution in [2.24, 2.45) is 0 Å². The molecule has 2 aromatic heterocycles. The first kappa shape index (κ1) is 13.8. The van der Waals surface area contributed by atoms with Gasteiger partial charge in [0.2, 0.25) is 6.79 Å². The molecule has 3 aromatic rings. The van der Waals surface area contributed by atoms with E-state index in [-0.39, 0.29) is 12.4 Å². The van der Waals surface area contributed by atoms with Gasteiger partial charge in [0.25, 0.3) is 11.5 Å². The normalized spacial score (nSPS) is 12.6. The number of ether oxygens (including phenoxy) is 2. The molecule has 0 bridgehead atoms. The van der Waals surface area contributed by atoms with Crippen molar-refractivity contribution in [3.05, 3.63) is 51.4 Å². The lowest BCUT2D eigenvalue weighted by molar-refractivity contribution is 0.102. The molecule has 0 fully saturated rings. The van der Waals surface area contributed by atoms with Crippen molar-refractivity contribution in [2.45, 2.75) is 6.92 Å². The third kappa shape index (κ3) is 2.33.